The van der Waals surface area contributed by atoms with E-state index in [0.717, 1.165) is 31.9 Å². The molecule has 118 valence electrons. The lowest BCUT2D eigenvalue weighted by atomic mass is 9.85. The predicted molar refractivity (Wildman–Crippen MR) is 75.9 cm³/mol. The summed E-state index contributed by atoms with van der Waals surface area (Å²) in [5.41, 5.74) is -0.544. The highest BCUT2D eigenvalue weighted by molar-refractivity contribution is 7.85. The molecule has 0 spiro atoms. The molecule has 0 unspecified atom stereocenters. The average Bonchev–Trinajstić information content (AvgIpc) is 2.24. The summed E-state index contributed by atoms with van der Waals surface area (Å²) in [6.45, 7) is 5.52. The number of carbonyl (C=O) groups is 1. The molecule has 1 N–H and O–H groups in total. The summed E-state index contributed by atoms with van der Waals surface area (Å²) in [5, 5.41) is 2.83. The molecule has 20 heavy (non-hydrogen) atoms. The van der Waals surface area contributed by atoms with Gasteiger partial charge in [-0.2, -0.15) is 8.42 Å². The highest BCUT2D eigenvalue weighted by Gasteiger charge is 2.29. The van der Waals surface area contributed by atoms with Gasteiger partial charge in [0.05, 0.1) is 12.9 Å². The van der Waals surface area contributed by atoms with Crippen molar-refractivity contribution in [2.75, 3.05) is 12.9 Å². The number of amides is 1. The Morgan fingerprint density at radius 3 is 2.40 bits per heavy atom. The summed E-state index contributed by atoms with van der Waals surface area (Å²) in [6, 6.07) is -0.0969. The Balaban J connectivity index is 2.54. The van der Waals surface area contributed by atoms with Gasteiger partial charge in [0, 0.05) is 12.0 Å². The topological polar surface area (TPSA) is 81.7 Å². The van der Waals surface area contributed by atoms with Crippen LogP contribution in [-0.2, 0) is 19.0 Å². The van der Waals surface area contributed by atoms with Gasteiger partial charge < -0.3 is 10.1 Å². The minimum Gasteiger partial charge on any atom is -0.444 e. The number of nitrogens with one attached hydrogen (secondary N) is 1. The maximum atomic E-state index is 11.8. The molecule has 7 heteroatoms. The Kier molecular flexibility index (Phi) is 5.82. The predicted octanol–water partition coefficient (Wildman–Crippen LogP) is 2.05. The van der Waals surface area contributed by atoms with E-state index in [0.29, 0.717) is 0 Å². The summed E-state index contributed by atoms with van der Waals surface area (Å²) < 4.78 is 32.2. The van der Waals surface area contributed by atoms with Crippen LogP contribution in [0.4, 0.5) is 4.79 Å². The summed E-state index contributed by atoms with van der Waals surface area (Å²) >= 11 is 0. The number of hydrogen-bond acceptors (Lipinski definition) is 5. The van der Waals surface area contributed by atoms with E-state index in [1.807, 2.05) is 0 Å². The Labute approximate surface area is 121 Å². The van der Waals surface area contributed by atoms with Crippen molar-refractivity contribution in [3.05, 3.63) is 0 Å². The maximum absolute atomic E-state index is 11.8. The molecule has 1 fully saturated rings. The van der Waals surface area contributed by atoms with Gasteiger partial charge in [-0.05, 0) is 33.6 Å². The standard InChI is InChI=1S/C13H25NO5S/c1-13(2,3)19-12(15)14-11-8-6-5-7-10(11)9-18-20(4,16)17/h10-11H,5-9H2,1-4H3,(H,14,15)/t10-,11-/m0/s1. The van der Waals surface area contributed by atoms with Gasteiger partial charge >= 0.3 is 6.09 Å². The fraction of sp³-hybridized carbons (Fsp3) is 0.923. The van der Waals surface area contributed by atoms with Crippen LogP contribution in [0.1, 0.15) is 46.5 Å². The van der Waals surface area contributed by atoms with Crippen LogP contribution < -0.4 is 5.32 Å². The zero-order valence-corrected chi connectivity index (χ0v) is 13.5. The lowest BCUT2D eigenvalue weighted by molar-refractivity contribution is 0.0453. The van der Waals surface area contributed by atoms with Gasteiger partial charge in [0.15, 0.2) is 0 Å². The second kappa shape index (κ2) is 6.76. The average molecular weight is 307 g/mol. The van der Waals surface area contributed by atoms with E-state index in [9.17, 15) is 13.2 Å². The first-order valence-electron chi connectivity index (χ1n) is 6.91. The van der Waals surface area contributed by atoms with Gasteiger partial charge in [0.2, 0.25) is 0 Å². The van der Waals surface area contributed by atoms with Crippen LogP contribution in [-0.4, -0.2) is 39.0 Å². The zero-order chi connectivity index (χ0) is 15.4. The van der Waals surface area contributed by atoms with Crippen LogP contribution in [0.2, 0.25) is 0 Å². The molecule has 1 amide bonds. The van der Waals surface area contributed by atoms with Crippen molar-refractivity contribution in [2.45, 2.75) is 58.1 Å². The molecular formula is C13H25NO5S. The lowest BCUT2D eigenvalue weighted by Crippen LogP contribution is -2.45. The second-order valence-electron chi connectivity index (χ2n) is 6.29. The maximum Gasteiger partial charge on any atom is 0.407 e. The molecule has 0 aliphatic heterocycles. The first-order valence-corrected chi connectivity index (χ1v) is 8.72. The Morgan fingerprint density at radius 1 is 1.25 bits per heavy atom. The Morgan fingerprint density at radius 2 is 1.85 bits per heavy atom. The summed E-state index contributed by atoms with van der Waals surface area (Å²) in [4.78, 5) is 11.8. The van der Waals surface area contributed by atoms with Gasteiger partial charge in [-0.1, -0.05) is 12.8 Å². The van der Waals surface area contributed by atoms with E-state index < -0.39 is 21.8 Å². The molecule has 1 rings (SSSR count). The van der Waals surface area contributed by atoms with E-state index in [1.54, 1.807) is 20.8 Å². The number of ether oxygens (including phenoxy) is 1. The number of rotatable bonds is 4. The molecule has 0 aromatic carbocycles. The van der Waals surface area contributed by atoms with Crippen molar-refractivity contribution in [1.82, 2.24) is 5.32 Å². The van der Waals surface area contributed by atoms with Crippen LogP contribution >= 0.6 is 0 Å². The molecule has 0 bridgehead atoms. The van der Waals surface area contributed by atoms with E-state index in [4.69, 9.17) is 8.92 Å². The highest BCUT2D eigenvalue weighted by atomic mass is 32.2. The van der Waals surface area contributed by atoms with Gasteiger partial charge in [0.1, 0.15) is 5.60 Å². The minimum atomic E-state index is -3.45. The first kappa shape index (κ1) is 17.2. The fourth-order valence-corrected chi connectivity index (χ4v) is 2.69. The number of alkyl carbamates (subject to hydrolysis) is 1. The van der Waals surface area contributed by atoms with Crippen LogP contribution in [0.3, 0.4) is 0 Å². The summed E-state index contributed by atoms with van der Waals surface area (Å²) in [7, 11) is -3.45. The molecule has 2 atom stereocenters. The van der Waals surface area contributed by atoms with Crippen molar-refractivity contribution in [3.8, 4) is 0 Å². The highest BCUT2D eigenvalue weighted by Crippen LogP contribution is 2.25. The van der Waals surface area contributed by atoms with Gasteiger partial charge in [-0.25, -0.2) is 4.79 Å². The van der Waals surface area contributed by atoms with Crippen LogP contribution in [0.15, 0.2) is 0 Å². The normalized spacial score (nSPS) is 24.2. The Hall–Kier alpha value is -0.820. The van der Waals surface area contributed by atoms with Crippen molar-refractivity contribution >= 4 is 16.2 Å². The van der Waals surface area contributed by atoms with E-state index in [2.05, 4.69) is 5.32 Å². The molecule has 0 saturated heterocycles. The van der Waals surface area contributed by atoms with E-state index in [-0.39, 0.29) is 18.6 Å². The summed E-state index contributed by atoms with van der Waals surface area (Å²) in [6.07, 6.45) is 4.26. The second-order valence-corrected chi connectivity index (χ2v) is 7.93. The lowest BCUT2D eigenvalue weighted by Gasteiger charge is -2.32. The summed E-state index contributed by atoms with van der Waals surface area (Å²) in [5.74, 6) is 0.00555. The molecular weight excluding hydrogens is 282 g/mol. The van der Waals surface area contributed by atoms with Gasteiger partial charge in [0.25, 0.3) is 10.1 Å². The monoisotopic (exact) mass is 307 g/mol. The quantitative estimate of drug-likeness (QED) is 0.804. The van der Waals surface area contributed by atoms with E-state index >= 15 is 0 Å². The molecule has 0 aromatic rings. The molecule has 0 heterocycles. The van der Waals surface area contributed by atoms with Gasteiger partial charge in [-0.15, -0.1) is 0 Å². The number of hydrogen-bond donors (Lipinski definition) is 1. The molecule has 0 radical (unpaired) electrons. The molecule has 0 aromatic heterocycles. The fourth-order valence-electron chi connectivity index (χ4n) is 2.27. The Bertz CT molecular complexity index is 427. The van der Waals surface area contributed by atoms with Crippen molar-refractivity contribution in [1.29, 1.82) is 0 Å². The minimum absolute atomic E-state index is 0.00555. The van der Waals surface area contributed by atoms with Crippen LogP contribution in [0.25, 0.3) is 0 Å². The SMILES string of the molecule is CC(C)(C)OC(=O)N[C@H]1CCCC[C@H]1COS(C)(=O)=O. The van der Waals surface area contributed by atoms with Crippen molar-refractivity contribution in [2.24, 2.45) is 5.92 Å². The smallest absolute Gasteiger partial charge is 0.407 e. The third-order valence-electron chi connectivity index (χ3n) is 3.11. The number of carbonyl (C=O) groups excluding carboxylic acids is 1. The first-order chi connectivity index (χ1) is 9.07. The molecule has 1 aliphatic carbocycles. The van der Waals surface area contributed by atoms with Crippen LogP contribution in [0, 0.1) is 5.92 Å². The van der Waals surface area contributed by atoms with Crippen molar-refractivity contribution < 1.29 is 22.1 Å². The van der Waals surface area contributed by atoms with E-state index in [1.165, 1.54) is 0 Å². The molecule has 1 saturated carbocycles. The molecule has 1 aliphatic rings. The van der Waals surface area contributed by atoms with Crippen LogP contribution in [0.5, 0.6) is 0 Å². The van der Waals surface area contributed by atoms with Gasteiger partial charge in [-0.3, -0.25) is 4.18 Å². The third-order valence-corrected chi connectivity index (χ3v) is 3.67. The molecule has 6 nitrogen and oxygen atoms in total. The van der Waals surface area contributed by atoms with Crippen molar-refractivity contribution in [3.63, 3.8) is 0 Å². The zero-order valence-electron chi connectivity index (χ0n) is 12.6. The largest absolute Gasteiger partial charge is 0.444 e. The third kappa shape index (κ3) is 7.09.